The molecule has 7 heteroatoms. The molecule has 1 aromatic rings. The van der Waals surface area contributed by atoms with E-state index in [-0.39, 0.29) is 11.9 Å². The molecule has 88 valence electrons. The Labute approximate surface area is 98.6 Å². The van der Waals surface area contributed by atoms with Gasteiger partial charge in [0.1, 0.15) is 5.82 Å². The zero-order valence-electron chi connectivity index (χ0n) is 8.11. The van der Waals surface area contributed by atoms with Crippen molar-refractivity contribution in [3.63, 3.8) is 0 Å². The number of hydrogen-bond acceptors (Lipinski definition) is 3. The first kappa shape index (κ1) is 11.7. The molecule has 0 aliphatic carbocycles. The van der Waals surface area contributed by atoms with Crippen LogP contribution in [-0.4, -0.2) is 24.1 Å². The number of halogens is 4. The lowest BCUT2D eigenvalue weighted by atomic mass is 10.1. The van der Waals surface area contributed by atoms with Gasteiger partial charge in [-0.1, -0.05) is 0 Å². The Bertz CT molecular complexity index is 390. The van der Waals surface area contributed by atoms with Crippen LogP contribution in [0.25, 0.3) is 0 Å². The summed E-state index contributed by atoms with van der Waals surface area (Å²) in [5, 5.41) is 5.74. The SMILES string of the molecule is FC(F)(F)c1cc(Br)cnc1NC1CNC1. The van der Waals surface area contributed by atoms with Crippen LogP contribution >= 0.6 is 15.9 Å². The van der Waals surface area contributed by atoms with Gasteiger partial charge in [-0.3, -0.25) is 0 Å². The average molecular weight is 296 g/mol. The minimum atomic E-state index is -4.39. The number of alkyl halides is 3. The van der Waals surface area contributed by atoms with Crippen molar-refractivity contribution < 1.29 is 13.2 Å². The largest absolute Gasteiger partial charge is 0.419 e. The van der Waals surface area contributed by atoms with Crippen LogP contribution in [-0.2, 0) is 6.18 Å². The van der Waals surface area contributed by atoms with Crippen molar-refractivity contribution in [2.75, 3.05) is 18.4 Å². The molecule has 2 N–H and O–H groups in total. The van der Waals surface area contributed by atoms with Crippen LogP contribution in [0, 0.1) is 0 Å². The Morgan fingerprint density at radius 2 is 2.12 bits per heavy atom. The molecule has 0 unspecified atom stereocenters. The Kier molecular flexibility index (Phi) is 3.07. The molecule has 0 radical (unpaired) electrons. The van der Waals surface area contributed by atoms with Crippen LogP contribution in [0.2, 0.25) is 0 Å². The summed E-state index contributed by atoms with van der Waals surface area (Å²) in [7, 11) is 0. The zero-order chi connectivity index (χ0) is 11.8. The lowest BCUT2D eigenvalue weighted by Gasteiger charge is -2.29. The first-order valence-corrected chi connectivity index (χ1v) is 5.46. The van der Waals surface area contributed by atoms with Gasteiger partial charge in [-0.15, -0.1) is 0 Å². The standard InChI is InChI=1S/C9H9BrF3N3/c10-5-1-7(9(11,12)13)8(15-2-5)16-6-3-14-4-6/h1-2,6,14H,3-4H2,(H,15,16). The van der Waals surface area contributed by atoms with E-state index in [1.165, 1.54) is 6.20 Å². The third-order valence-electron chi connectivity index (χ3n) is 2.28. The van der Waals surface area contributed by atoms with Gasteiger partial charge in [-0.25, -0.2) is 4.98 Å². The fourth-order valence-corrected chi connectivity index (χ4v) is 1.69. The van der Waals surface area contributed by atoms with Crippen LogP contribution < -0.4 is 10.6 Å². The highest BCUT2D eigenvalue weighted by Gasteiger charge is 2.35. The lowest BCUT2D eigenvalue weighted by Crippen LogP contribution is -2.51. The number of pyridine rings is 1. The summed E-state index contributed by atoms with van der Waals surface area (Å²) in [6.07, 6.45) is -3.04. The summed E-state index contributed by atoms with van der Waals surface area (Å²) in [6, 6.07) is 1.05. The van der Waals surface area contributed by atoms with Crippen LogP contribution in [0.15, 0.2) is 16.7 Å². The Balaban J connectivity index is 2.28. The number of hydrogen-bond donors (Lipinski definition) is 2. The van der Waals surface area contributed by atoms with E-state index in [0.29, 0.717) is 17.6 Å². The Morgan fingerprint density at radius 3 is 2.62 bits per heavy atom. The van der Waals surface area contributed by atoms with Crippen LogP contribution in [0.1, 0.15) is 5.56 Å². The van der Waals surface area contributed by atoms with Crippen LogP contribution in [0.3, 0.4) is 0 Å². The lowest BCUT2D eigenvalue weighted by molar-refractivity contribution is -0.137. The molecule has 3 nitrogen and oxygen atoms in total. The van der Waals surface area contributed by atoms with Gasteiger partial charge in [0.15, 0.2) is 0 Å². The second-order valence-electron chi connectivity index (χ2n) is 3.55. The van der Waals surface area contributed by atoms with Crippen LogP contribution in [0.5, 0.6) is 0 Å². The zero-order valence-corrected chi connectivity index (χ0v) is 9.69. The number of nitrogens with zero attached hydrogens (tertiary/aromatic N) is 1. The molecular formula is C9H9BrF3N3. The normalized spacial score (nSPS) is 17.0. The Hall–Kier alpha value is -0.820. The number of rotatable bonds is 2. The van der Waals surface area contributed by atoms with Gasteiger partial charge in [-0.2, -0.15) is 13.2 Å². The van der Waals surface area contributed by atoms with Crippen molar-refractivity contribution >= 4 is 21.7 Å². The number of nitrogens with one attached hydrogen (secondary N) is 2. The van der Waals surface area contributed by atoms with Crippen molar-refractivity contribution in [1.82, 2.24) is 10.3 Å². The third kappa shape index (κ3) is 2.46. The molecular weight excluding hydrogens is 287 g/mol. The van der Waals surface area contributed by atoms with E-state index in [2.05, 4.69) is 31.5 Å². The predicted molar refractivity (Wildman–Crippen MR) is 57.2 cm³/mol. The second-order valence-corrected chi connectivity index (χ2v) is 4.46. The summed E-state index contributed by atoms with van der Waals surface area (Å²) < 4.78 is 38.4. The highest BCUT2D eigenvalue weighted by atomic mass is 79.9. The molecule has 0 aromatic carbocycles. The molecule has 0 amide bonds. The molecule has 1 aliphatic heterocycles. The molecule has 0 atom stereocenters. The van der Waals surface area contributed by atoms with E-state index in [4.69, 9.17) is 0 Å². The van der Waals surface area contributed by atoms with Crippen LogP contribution in [0.4, 0.5) is 19.0 Å². The summed E-state index contributed by atoms with van der Waals surface area (Å²) in [4.78, 5) is 3.76. The monoisotopic (exact) mass is 295 g/mol. The quantitative estimate of drug-likeness (QED) is 0.879. The van der Waals surface area contributed by atoms with E-state index < -0.39 is 11.7 Å². The highest BCUT2D eigenvalue weighted by molar-refractivity contribution is 9.10. The maximum Gasteiger partial charge on any atom is 0.419 e. The smallest absolute Gasteiger partial charge is 0.364 e. The molecule has 1 aliphatic rings. The van der Waals surface area contributed by atoms with E-state index in [9.17, 15) is 13.2 Å². The van der Waals surface area contributed by atoms with Gasteiger partial charge >= 0.3 is 6.18 Å². The number of anilines is 1. The maximum absolute atomic E-state index is 12.7. The summed E-state index contributed by atoms with van der Waals surface area (Å²) in [5.74, 6) is -0.109. The third-order valence-corrected chi connectivity index (χ3v) is 2.72. The van der Waals surface area contributed by atoms with Gasteiger partial charge < -0.3 is 10.6 Å². The average Bonchev–Trinajstić information content (AvgIpc) is 2.11. The maximum atomic E-state index is 12.7. The number of aromatic nitrogens is 1. The van der Waals surface area contributed by atoms with Gasteiger partial charge in [-0.05, 0) is 22.0 Å². The molecule has 0 saturated carbocycles. The van der Waals surface area contributed by atoms with Crippen molar-refractivity contribution in [2.45, 2.75) is 12.2 Å². The van der Waals surface area contributed by atoms with Crippen molar-refractivity contribution in [3.05, 3.63) is 22.3 Å². The van der Waals surface area contributed by atoms with Crippen molar-refractivity contribution in [2.24, 2.45) is 0 Å². The topological polar surface area (TPSA) is 37.0 Å². The summed E-state index contributed by atoms with van der Waals surface area (Å²) >= 11 is 2.98. The molecule has 2 rings (SSSR count). The molecule has 1 aromatic heterocycles. The van der Waals surface area contributed by atoms with E-state index in [1.54, 1.807) is 0 Å². The first-order valence-electron chi connectivity index (χ1n) is 4.67. The highest BCUT2D eigenvalue weighted by Crippen LogP contribution is 2.35. The van der Waals surface area contributed by atoms with Crippen molar-refractivity contribution in [1.29, 1.82) is 0 Å². The molecule has 2 heterocycles. The summed E-state index contributed by atoms with van der Waals surface area (Å²) in [5.41, 5.74) is -0.742. The molecule has 1 saturated heterocycles. The minimum Gasteiger partial charge on any atom is -0.364 e. The van der Waals surface area contributed by atoms with Crippen molar-refractivity contribution in [3.8, 4) is 0 Å². The van der Waals surface area contributed by atoms with Gasteiger partial charge in [0.05, 0.1) is 11.6 Å². The Morgan fingerprint density at radius 1 is 1.44 bits per heavy atom. The molecule has 0 bridgehead atoms. The molecule has 0 spiro atoms. The van der Waals surface area contributed by atoms with Gasteiger partial charge in [0.25, 0.3) is 0 Å². The minimum absolute atomic E-state index is 0.0229. The van der Waals surface area contributed by atoms with Gasteiger partial charge in [0, 0.05) is 23.8 Å². The molecule has 16 heavy (non-hydrogen) atoms. The summed E-state index contributed by atoms with van der Waals surface area (Å²) in [6.45, 7) is 1.32. The first-order chi connectivity index (χ1) is 7.47. The fourth-order valence-electron chi connectivity index (χ4n) is 1.35. The van der Waals surface area contributed by atoms with E-state index in [1.807, 2.05) is 0 Å². The molecule has 1 fully saturated rings. The van der Waals surface area contributed by atoms with E-state index >= 15 is 0 Å². The second kappa shape index (κ2) is 4.21. The predicted octanol–water partition coefficient (Wildman–Crippen LogP) is 2.25. The van der Waals surface area contributed by atoms with Gasteiger partial charge in [0.2, 0.25) is 0 Å². The fraction of sp³-hybridized carbons (Fsp3) is 0.444. The van der Waals surface area contributed by atoms with E-state index in [0.717, 1.165) is 6.07 Å².